The van der Waals surface area contributed by atoms with E-state index < -0.39 is 18.3 Å². The molecule has 0 aliphatic rings. The van der Waals surface area contributed by atoms with Gasteiger partial charge in [0.2, 0.25) is 0 Å². The molecule has 5 nitrogen and oxygen atoms in total. The van der Waals surface area contributed by atoms with Crippen LogP contribution in [0.1, 0.15) is 13.8 Å². The highest BCUT2D eigenvalue weighted by Crippen LogP contribution is 1.98. The molecule has 0 aromatic carbocycles. The normalized spacial score (nSPS) is 20.8. The summed E-state index contributed by atoms with van der Waals surface area (Å²) in [5.41, 5.74) is 0. The summed E-state index contributed by atoms with van der Waals surface area (Å²) in [5.74, 6) is 0. The fourth-order valence-corrected chi connectivity index (χ4v) is 0.829. The number of hydrogen-bond donors (Lipinski definition) is 5. The highest BCUT2D eigenvalue weighted by molar-refractivity contribution is 4.75. The summed E-state index contributed by atoms with van der Waals surface area (Å²) in [6.07, 6.45) is -3.13. The molecule has 0 radical (unpaired) electrons. The van der Waals surface area contributed by atoms with E-state index in [1.54, 1.807) is 6.92 Å². The summed E-state index contributed by atoms with van der Waals surface area (Å²) in [7, 11) is 0. The summed E-state index contributed by atoms with van der Waals surface area (Å²) in [4.78, 5) is 0. The van der Waals surface area contributed by atoms with Crippen molar-refractivity contribution in [2.45, 2.75) is 38.2 Å². The molecule has 5 N–H and O–H groups in total. The molecule has 0 rings (SSSR count). The van der Waals surface area contributed by atoms with Crippen LogP contribution >= 0.6 is 0 Å². The Hall–Kier alpha value is -0.200. The molecule has 0 heterocycles. The van der Waals surface area contributed by atoms with Crippen molar-refractivity contribution in [3.05, 3.63) is 0 Å². The van der Waals surface area contributed by atoms with E-state index in [4.69, 9.17) is 10.2 Å². The van der Waals surface area contributed by atoms with Crippen LogP contribution in [-0.2, 0) is 0 Å². The molecular weight excluding hydrogens is 174 g/mol. The number of nitrogens with one attached hydrogen (secondary N) is 1. The van der Waals surface area contributed by atoms with Gasteiger partial charge >= 0.3 is 0 Å². The molecule has 13 heavy (non-hydrogen) atoms. The molecule has 0 aliphatic carbocycles. The van der Waals surface area contributed by atoms with E-state index in [1.165, 1.54) is 6.92 Å². The van der Waals surface area contributed by atoms with Crippen molar-refractivity contribution in [1.29, 1.82) is 0 Å². The molecule has 4 unspecified atom stereocenters. The van der Waals surface area contributed by atoms with Crippen molar-refractivity contribution >= 4 is 0 Å². The lowest BCUT2D eigenvalue weighted by Crippen LogP contribution is -2.44. The van der Waals surface area contributed by atoms with Crippen molar-refractivity contribution in [3.63, 3.8) is 0 Å². The van der Waals surface area contributed by atoms with Crippen molar-refractivity contribution in [2.75, 3.05) is 13.2 Å². The van der Waals surface area contributed by atoms with Crippen molar-refractivity contribution in [3.8, 4) is 0 Å². The zero-order valence-corrected chi connectivity index (χ0v) is 8.01. The predicted octanol–water partition coefficient (Wildman–Crippen LogP) is -1.94. The Morgan fingerprint density at radius 2 is 1.69 bits per heavy atom. The minimum absolute atomic E-state index is 0.0303. The zero-order chi connectivity index (χ0) is 10.4. The molecule has 4 atom stereocenters. The minimum atomic E-state index is -1.15. The van der Waals surface area contributed by atoms with Crippen LogP contribution in [0, 0.1) is 0 Å². The minimum Gasteiger partial charge on any atom is -0.395 e. The number of aliphatic hydroxyl groups excluding tert-OH is 4. The van der Waals surface area contributed by atoms with Gasteiger partial charge in [0.05, 0.1) is 18.8 Å². The molecule has 0 fully saturated rings. The van der Waals surface area contributed by atoms with Crippen LogP contribution < -0.4 is 5.32 Å². The average molecular weight is 193 g/mol. The maximum absolute atomic E-state index is 9.28. The molecule has 80 valence electrons. The van der Waals surface area contributed by atoms with E-state index >= 15 is 0 Å². The van der Waals surface area contributed by atoms with Gasteiger partial charge in [-0.05, 0) is 13.8 Å². The quantitative estimate of drug-likeness (QED) is 0.338. The van der Waals surface area contributed by atoms with Gasteiger partial charge in [0.25, 0.3) is 0 Å². The molecule has 5 heteroatoms. The summed E-state index contributed by atoms with van der Waals surface area (Å²) < 4.78 is 0. The van der Waals surface area contributed by atoms with E-state index in [2.05, 4.69) is 5.32 Å². The van der Waals surface area contributed by atoms with Gasteiger partial charge in [0.15, 0.2) is 0 Å². The third kappa shape index (κ3) is 5.17. The van der Waals surface area contributed by atoms with Gasteiger partial charge in [-0.15, -0.1) is 0 Å². The van der Waals surface area contributed by atoms with Crippen LogP contribution in [0.5, 0.6) is 0 Å². The lowest BCUT2D eigenvalue weighted by atomic mass is 10.1. The molecule has 0 aliphatic heterocycles. The second-order valence-electron chi connectivity index (χ2n) is 3.29. The Morgan fingerprint density at radius 1 is 1.15 bits per heavy atom. The zero-order valence-electron chi connectivity index (χ0n) is 8.01. The number of aliphatic hydroxyl groups is 4. The van der Waals surface area contributed by atoms with Crippen LogP contribution in [0.25, 0.3) is 0 Å². The van der Waals surface area contributed by atoms with Crippen molar-refractivity contribution in [2.24, 2.45) is 0 Å². The Kier molecular flexibility index (Phi) is 6.19. The first-order chi connectivity index (χ1) is 5.99. The number of rotatable bonds is 6. The topological polar surface area (TPSA) is 93.0 Å². The maximum Gasteiger partial charge on any atom is 0.107 e. The van der Waals surface area contributed by atoms with E-state index in [9.17, 15) is 10.2 Å². The highest BCUT2D eigenvalue weighted by Gasteiger charge is 2.20. The Labute approximate surface area is 78.0 Å². The fraction of sp³-hybridized carbons (Fsp3) is 1.00. The van der Waals surface area contributed by atoms with Crippen LogP contribution in [0.2, 0.25) is 0 Å². The van der Waals surface area contributed by atoms with Gasteiger partial charge in [0.1, 0.15) is 6.10 Å². The van der Waals surface area contributed by atoms with Gasteiger partial charge < -0.3 is 25.7 Å². The fourth-order valence-electron chi connectivity index (χ4n) is 0.829. The van der Waals surface area contributed by atoms with E-state index in [-0.39, 0.29) is 19.2 Å². The van der Waals surface area contributed by atoms with E-state index in [1.807, 2.05) is 0 Å². The second kappa shape index (κ2) is 6.28. The first kappa shape index (κ1) is 12.8. The van der Waals surface area contributed by atoms with Gasteiger partial charge in [-0.3, -0.25) is 0 Å². The third-order valence-corrected chi connectivity index (χ3v) is 1.84. The molecule has 0 saturated carbocycles. The third-order valence-electron chi connectivity index (χ3n) is 1.84. The van der Waals surface area contributed by atoms with E-state index in [0.717, 1.165) is 0 Å². The average Bonchev–Trinajstić information content (AvgIpc) is 2.11. The Balaban J connectivity index is 3.67. The van der Waals surface area contributed by atoms with Gasteiger partial charge in [0, 0.05) is 12.6 Å². The van der Waals surface area contributed by atoms with Gasteiger partial charge in [-0.25, -0.2) is 0 Å². The van der Waals surface area contributed by atoms with Gasteiger partial charge in [-0.1, -0.05) is 0 Å². The first-order valence-corrected chi connectivity index (χ1v) is 4.37. The highest BCUT2D eigenvalue weighted by atomic mass is 16.4. The van der Waals surface area contributed by atoms with Crippen LogP contribution in [0.3, 0.4) is 0 Å². The monoisotopic (exact) mass is 193 g/mol. The molecule has 0 aromatic rings. The van der Waals surface area contributed by atoms with Crippen LogP contribution in [-0.4, -0.2) is 57.9 Å². The number of hydrogen-bond acceptors (Lipinski definition) is 5. The predicted molar refractivity (Wildman–Crippen MR) is 48.2 cm³/mol. The Morgan fingerprint density at radius 3 is 2.08 bits per heavy atom. The molecule has 0 amide bonds. The second-order valence-corrected chi connectivity index (χ2v) is 3.29. The summed E-state index contributed by atoms with van der Waals surface area (Å²) in [5, 5.41) is 38.8. The first-order valence-electron chi connectivity index (χ1n) is 4.37. The summed E-state index contributed by atoms with van der Waals surface area (Å²) in [6, 6.07) is -0.129. The molecule has 0 saturated heterocycles. The largest absolute Gasteiger partial charge is 0.395 e. The molecule has 0 bridgehead atoms. The standard InChI is InChI=1S/C8H19NO4/c1-5(4-10)9-3-7(12)8(13)6(2)11/h5-13H,3-4H2,1-2H3. The van der Waals surface area contributed by atoms with Crippen LogP contribution in [0.15, 0.2) is 0 Å². The summed E-state index contributed by atoms with van der Waals surface area (Å²) in [6.45, 7) is 3.27. The Bertz CT molecular complexity index is 131. The van der Waals surface area contributed by atoms with Crippen LogP contribution in [0.4, 0.5) is 0 Å². The lowest BCUT2D eigenvalue weighted by molar-refractivity contribution is -0.0513. The smallest absolute Gasteiger partial charge is 0.107 e. The van der Waals surface area contributed by atoms with E-state index in [0.29, 0.717) is 0 Å². The van der Waals surface area contributed by atoms with Crippen molar-refractivity contribution in [1.82, 2.24) is 5.32 Å². The molecule has 0 aromatic heterocycles. The lowest BCUT2D eigenvalue weighted by Gasteiger charge is -2.21. The van der Waals surface area contributed by atoms with Crippen molar-refractivity contribution < 1.29 is 20.4 Å². The summed E-state index contributed by atoms with van der Waals surface area (Å²) >= 11 is 0. The van der Waals surface area contributed by atoms with Gasteiger partial charge in [-0.2, -0.15) is 0 Å². The maximum atomic E-state index is 9.28. The molecule has 0 spiro atoms. The molecular formula is C8H19NO4. The SMILES string of the molecule is CC(CO)NCC(O)C(O)C(C)O.